The second-order valence-electron chi connectivity index (χ2n) is 6.40. The maximum absolute atomic E-state index is 14.1. The first-order valence-electron chi connectivity index (χ1n) is 8.67. The summed E-state index contributed by atoms with van der Waals surface area (Å²) < 4.78 is 56.0. The van der Waals surface area contributed by atoms with Crippen molar-refractivity contribution in [2.45, 2.75) is 18.7 Å². The molecule has 0 aliphatic carbocycles. The van der Waals surface area contributed by atoms with Crippen molar-refractivity contribution in [1.29, 1.82) is 0 Å². The topological polar surface area (TPSA) is 74.7 Å². The second kappa shape index (κ2) is 8.27. The third-order valence-corrected chi connectivity index (χ3v) is 6.29. The second-order valence-corrected chi connectivity index (χ2v) is 8.34. The lowest BCUT2D eigenvalue weighted by atomic mass is 10.2. The number of benzene rings is 1. The Kier molecular flexibility index (Phi) is 6.45. The third kappa shape index (κ3) is 4.17. The number of carbonyl (C=O) groups is 1. The molecule has 0 atom stereocenters. The summed E-state index contributed by atoms with van der Waals surface area (Å²) in [4.78, 5) is 13.8. The van der Waals surface area contributed by atoms with Gasteiger partial charge in [0.15, 0.2) is 11.6 Å². The third-order valence-electron chi connectivity index (χ3n) is 4.28. The van der Waals surface area contributed by atoms with Crippen LogP contribution < -0.4 is 10.2 Å². The maximum Gasteiger partial charge on any atom is 0.272 e. The van der Waals surface area contributed by atoms with Crippen molar-refractivity contribution < 1.29 is 22.0 Å². The van der Waals surface area contributed by atoms with Crippen LogP contribution in [0, 0.1) is 11.6 Å². The smallest absolute Gasteiger partial charge is 0.272 e. The number of anilines is 2. The van der Waals surface area contributed by atoms with Crippen LogP contribution in [-0.4, -0.2) is 50.4 Å². The average molecular weight is 414 g/mol. The highest BCUT2D eigenvalue weighted by Crippen LogP contribution is 2.26. The van der Waals surface area contributed by atoms with Gasteiger partial charge in [0.2, 0.25) is 10.0 Å². The standard InChI is InChI=1S/C18H24F2N4O3S/c1-6-24(7-2)28(26,27)13-10-16(23(5)11-13)18(25)21-12-8-14(19)17(22(3)4)15(20)9-12/h8-11H,6-7H2,1-5H3,(H,21,25). The van der Waals surface area contributed by atoms with E-state index in [1.54, 1.807) is 13.8 Å². The lowest BCUT2D eigenvalue weighted by Crippen LogP contribution is -2.30. The lowest BCUT2D eigenvalue weighted by molar-refractivity contribution is 0.101. The summed E-state index contributed by atoms with van der Waals surface area (Å²) in [5.41, 5.74) is -0.243. The number of rotatable bonds is 7. The Balaban J connectivity index is 2.33. The monoisotopic (exact) mass is 414 g/mol. The molecule has 0 aliphatic rings. The number of sulfonamides is 1. The molecular formula is C18H24F2N4O3S. The maximum atomic E-state index is 14.1. The predicted molar refractivity (Wildman–Crippen MR) is 104 cm³/mol. The highest BCUT2D eigenvalue weighted by molar-refractivity contribution is 7.89. The fraction of sp³-hybridized carbons (Fsp3) is 0.389. The zero-order chi connectivity index (χ0) is 21.2. The van der Waals surface area contributed by atoms with Crippen LogP contribution in [0.4, 0.5) is 20.2 Å². The molecule has 1 aromatic heterocycles. The Morgan fingerprint density at radius 1 is 1.11 bits per heavy atom. The summed E-state index contributed by atoms with van der Waals surface area (Å²) in [7, 11) is 0.793. The van der Waals surface area contributed by atoms with Gasteiger partial charge in [0.05, 0.1) is 0 Å². The fourth-order valence-corrected chi connectivity index (χ4v) is 4.40. The molecule has 0 unspecified atom stereocenters. The molecule has 1 heterocycles. The molecule has 0 saturated carbocycles. The molecule has 10 heteroatoms. The van der Waals surface area contributed by atoms with Gasteiger partial charge in [-0.15, -0.1) is 0 Å². The van der Waals surface area contributed by atoms with E-state index in [1.807, 2.05) is 0 Å². The lowest BCUT2D eigenvalue weighted by Gasteiger charge is -2.17. The molecule has 1 aromatic carbocycles. The van der Waals surface area contributed by atoms with Crippen LogP contribution in [0.1, 0.15) is 24.3 Å². The van der Waals surface area contributed by atoms with E-state index in [0.717, 1.165) is 12.1 Å². The van der Waals surface area contributed by atoms with Crippen LogP contribution in [0.25, 0.3) is 0 Å². The molecule has 28 heavy (non-hydrogen) atoms. The van der Waals surface area contributed by atoms with Crippen molar-refractivity contribution in [1.82, 2.24) is 8.87 Å². The number of hydrogen-bond acceptors (Lipinski definition) is 4. The van der Waals surface area contributed by atoms with E-state index >= 15 is 0 Å². The van der Waals surface area contributed by atoms with Gasteiger partial charge in [-0.25, -0.2) is 17.2 Å². The molecule has 154 valence electrons. The van der Waals surface area contributed by atoms with Crippen LogP contribution in [0.2, 0.25) is 0 Å². The number of carbonyl (C=O) groups excluding carboxylic acids is 1. The van der Waals surface area contributed by atoms with Gasteiger partial charge in [-0.05, 0) is 18.2 Å². The van der Waals surface area contributed by atoms with Crippen molar-refractivity contribution in [2.75, 3.05) is 37.4 Å². The van der Waals surface area contributed by atoms with E-state index < -0.39 is 27.6 Å². The van der Waals surface area contributed by atoms with Crippen LogP contribution in [0.15, 0.2) is 29.3 Å². The first-order valence-corrected chi connectivity index (χ1v) is 10.1. The molecule has 0 spiro atoms. The van der Waals surface area contributed by atoms with Gasteiger partial charge in [-0.2, -0.15) is 4.31 Å². The van der Waals surface area contributed by atoms with E-state index in [9.17, 15) is 22.0 Å². The van der Waals surface area contributed by atoms with E-state index in [4.69, 9.17) is 0 Å². The van der Waals surface area contributed by atoms with Crippen molar-refractivity contribution in [3.63, 3.8) is 0 Å². The molecule has 0 saturated heterocycles. The first kappa shape index (κ1) is 21.8. The number of aryl methyl sites for hydroxylation is 1. The molecule has 0 radical (unpaired) electrons. The normalized spacial score (nSPS) is 11.7. The minimum atomic E-state index is -3.73. The Hall–Kier alpha value is -2.46. The van der Waals surface area contributed by atoms with Crippen LogP contribution >= 0.6 is 0 Å². The number of nitrogens with zero attached hydrogens (tertiary/aromatic N) is 3. The number of halogens is 2. The molecule has 2 rings (SSSR count). The van der Waals surface area contributed by atoms with E-state index in [-0.39, 0.29) is 22.0 Å². The Morgan fingerprint density at radius 2 is 1.64 bits per heavy atom. The van der Waals surface area contributed by atoms with Crippen LogP contribution in [-0.2, 0) is 17.1 Å². The summed E-state index contributed by atoms with van der Waals surface area (Å²) >= 11 is 0. The average Bonchev–Trinajstić information content (AvgIpc) is 2.97. The Bertz CT molecular complexity index is 960. The van der Waals surface area contributed by atoms with Crippen molar-refractivity contribution in [3.05, 3.63) is 41.7 Å². The quantitative estimate of drug-likeness (QED) is 0.756. The summed E-state index contributed by atoms with van der Waals surface area (Å²) in [5, 5.41) is 2.40. The molecular weight excluding hydrogens is 390 g/mol. The van der Waals surface area contributed by atoms with Crippen molar-refractivity contribution in [2.24, 2.45) is 7.05 Å². The SMILES string of the molecule is CCN(CC)S(=O)(=O)c1cc(C(=O)Nc2cc(F)c(N(C)C)c(F)c2)n(C)c1. The zero-order valence-electron chi connectivity index (χ0n) is 16.5. The van der Waals surface area contributed by atoms with Gasteiger partial charge >= 0.3 is 0 Å². The van der Waals surface area contributed by atoms with Gasteiger partial charge in [-0.3, -0.25) is 4.79 Å². The van der Waals surface area contributed by atoms with E-state index in [0.29, 0.717) is 13.1 Å². The molecule has 1 amide bonds. The van der Waals surface area contributed by atoms with E-state index in [2.05, 4.69) is 5.32 Å². The van der Waals surface area contributed by atoms with Gasteiger partial charge in [-0.1, -0.05) is 13.8 Å². The van der Waals surface area contributed by atoms with Gasteiger partial charge < -0.3 is 14.8 Å². The molecule has 7 nitrogen and oxygen atoms in total. The highest BCUT2D eigenvalue weighted by atomic mass is 32.2. The van der Waals surface area contributed by atoms with Crippen molar-refractivity contribution >= 4 is 27.3 Å². The van der Waals surface area contributed by atoms with E-state index in [1.165, 1.54) is 47.2 Å². The summed E-state index contributed by atoms with van der Waals surface area (Å²) in [6.07, 6.45) is 1.33. The molecule has 0 fully saturated rings. The van der Waals surface area contributed by atoms with Crippen LogP contribution in [0.3, 0.4) is 0 Å². The minimum absolute atomic E-state index is 0.0239. The molecule has 0 aliphatic heterocycles. The van der Waals surface area contributed by atoms with Crippen LogP contribution in [0.5, 0.6) is 0 Å². The number of aromatic nitrogens is 1. The minimum Gasteiger partial charge on any atom is -0.373 e. The predicted octanol–water partition coefficient (Wildman–Crippen LogP) is 2.65. The van der Waals surface area contributed by atoms with Gasteiger partial charge in [0.25, 0.3) is 5.91 Å². The zero-order valence-corrected chi connectivity index (χ0v) is 17.3. The molecule has 0 bridgehead atoms. The first-order chi connectivity index (χ1) is 13.0. The van der Waals surface area contributed by atoms with Crippen molar-refractivity contribution in [3.8, 4) is 0 Å². The molecule has 1 N–H and O–H groups in total. The summed E-state index contributed by atoms with van der Waals surface area (Å²) in [6.45, 7) is 4.04. The highest BCUT2D eigenvalue weighted by Gasteiger charge is 2.25. The number of nitrogens with one attached hydrogen (secondary N) is 1. The summed E-state index contributed by atoms with van der Waals surface area (Å²) in [5.74, 6) is -2.33. The van der Waals surface area contributed by atoms with Gasteiger partial charge in [0, 0.05) is 46.1 Å². The molecule has 2 aromatic rings. The fourth-order valence-electron chi connectivity index (χ4n) is 2.87. The largest absolute Gasteiger partial charge is 0.373 e. The number of amides is 1. The van der Waals surface area contributed by atoms with Gasteiger partial charge in [0.1, 0.15) is 16.3 Å². The number of hydrogen-bond donors (Lipinski definition) is 1. The Labute approximate surface area is 163 Å². The Morgan fingerprint density at radius 3 is 2.11 bits per heavy atom. The summed E-state index contributed by atoms with van der Waals surface area (Å²) in [6, 6.07) is 3.25.